The Hall–Kier alpha value is -2.86. The molecule has 0 radical (unpaired) electrons. The molecule has 3 aromatic rings. The lowest BCUT2D eigenvalue weighted by Gasteiger charge is -2.20. The van der Waals surface area contributed by atoms with Gasteiger partial charge in [-0.25, -0.2) is 4.99 Å². The van der Waals surface area contributed by atoms with Crippen LogP contribution in [-0.2, 0) is 4.79 Å². The molecular weight excluding hydrogens is 406 g/mol. The summed E-state index contributed by atoms with van der Waals surface area (Å²) >= 11 is 1.68. The van der Waals surface area contributed by atoms with Crippen molar-refractivity contribution in [3.63, 3.8) is 0 Å². The molecule has 1 aliphatic carbocycles. The first-order valence-electron chi connectivity index (χ1n) is 11.0. The molecule has 2 heterocycles. The number of nitrogens with one attached hydrogen (secondary N) is 1. The van der Waals surface area contributed by atoms with Gasteiger partial charge in [0.15, 0.2) is 11.4 Å². The van der Waals surface area contributed by atoms with E-state index in [1.54, 1.807) is 11.3 Å². The highest BCUT2D eigenvalue weighted by atomic mass is 32.1. The van der Waals surface area contributed by atoms with Crippen LogP contribution < -0.4 is 14.9 Å². The van der Waals surface area contributed by atoms with E-state index in [4.69, 9.17) is 9.73 Å². The molecule has 1 fully saturated rings. The Bertz CT molecular complexity index is 1170. The van der Waals surface area contributed by atoms with Crippen molar-refractivity contribution in [1.82, 2.24) is 4.57 Å². The second-order valence-electron chi connectivity index (χ2n) is 8.62. The fourth-order valence-electron chi connectivity index (χ4n) is 4.41. The summed E-state index contributed by atoms with van der Waals surface area (Å²) in [7, 11) is 0. The number of fused-ring (bicyclic) bond motifs is 1. The maximum atomic E-state index is 11.8. The quantitative estimate of drug-likeness (QED) is 0.547. The summed E-state index contributed by atoms with van der Waals surface area (Å²) in [4.78, 5) is 17.8. The van der Waals surface area contributed by atoms with Crippen molar-refractivity contribution in [2.24, 2.45) is 4.99 Å². The van der Waals surface area contributed by atoms with E-state index in [2.05, 4.69) is 59.4 Å². The van der Waals surface area contributed by atoms with Gasteiger partial charge in [0.1, 0.15) is 5.75 Å². The lowest BCUT2D eigenvalue weighted by Crippen LogP contribution is -2.25. The summed E-state index contributed by atoms with van der Waals surface area (Å²) in [6, 6.07) is 15.1. The summed E-state index contributed by atoms with van der Waals surface area (Å²) in [5, 5.41) is 5.11. The largest absolute Gasteiger partial charge is 0.482 e. The Morgan fingerprint density at radius 1 is 1.13 bits per heavy atom. The summed E-state index contributed by atoms with van der Waals surface area (Å²) < 4.78 is 7.94. The summed E-state index contributed by atoms with van der Waals surface area (Å²) in [6.45, 7) is 4.49. The standard InChI is InChI=1S/C25H27N3O2S/c1-16(2)17-7-10-19(11-8-17)26-25-28(20-5-3-4-6-20)22(15-31-25)18-9-12-23-21(13-18)27-24(29)14-30-23/h7-13,15-16,20H,3-6,14H2,1-2H3,(H,27,29). The predicted molar refractivity (Wildman–Crippen MR) is 125 cm³/mol. The van der Waals surface area contributed by atoms with Crippen LogP contribution in [0.25, 0.3) is 11.3 Å². The van der Waals surface area contributed by atoms with Crippen molar-refractivity contribution in [2.45, 2.75) is 51.5 Å². The van der Waals surface area contributed by atoms with Gasteiger partial charge in [-0.15, -0.1) is 11.3 Å². The van der Waals surface area contributed by atoms with Crippen LogP contribution in [0.2, 0.25) is 0 Å². The van der Waals surface area contributed by atoms with Crippen molar-refractivity contribution < 1.29 is 9.53 Å². The number of benzene rings is 2. The molecule has 5 rings (SSSR count). The van der Waals surface area contributed by atoms with Gasteiger partial charge in [-0.3, -0.25) is 4.79 Å². The third-order valence-corrected chi connectivity index (χ3v) is 6.96. The summed E-state index contributed by atoms with van der Waals surface area (Å²) in [5.74, 6) is 1.12. The van der Waals surface area contributed by atoms with Crippen LogP contribution in [0.15, 0.2) is 52.8 Å². The Labute approximate surface area is 186 Å². The molecule has 0 spiro atoms. The van der Waals surface area contributed by atoms with Crippen molar-refractivity contribution in [1.29, 1.82) is 0 Å². The maximum absolute atomic E-state index is 11.8. The van der Waals surface area contributed by atoms with E-state index in [0.717, 1.165) is 33.2 Å². The first-order valence-corrected chi connectivity index (χ1v) is 11.9. The van der Waals surface area contributed by atoms with Gasteiger partial charge < -0.3 is 14.6 Å². The normalized spacial score (nSPS) is 17.0. The average Bonchev–Trinajstić information content (AvgIpc) is 3.43. The number of ether oxygens (including phenoxy) is 1. The second kappa shape index (κ2) is 8.35. The Kier molecular flexibility index (Phi) is 5.40. The van der Waals surface area contributed by atoms with E-state index in [-0.39, 0.29) is 12.5 Å². The molecular formula is C25H27N3O2S. The van der Waals surface area contributed by atoms with Crippen molar-refractivity contribution in [3.05, 3.63) is 58.2 Å². The van der Waals surface area contributed by atoms with Gasteiger partial charge in [0.25, 0.3) is 5.91 Å². The summed E-state index contributed by atoms with van der Waals surface area (Å²) in [6.07, 6.45) is 4.86. The highest BCUT2D eigenvalue weighted by molar-refractivity contribution is 7.07. The lowest BCUT2D eigenvalue weighted by molar-refractivity contribution is -0.118. The zero-order chi connectivity index (χ0) is 21.4. The number of anilines is 1. The fraction of sp³-hybridized carbons (Fsp3) is 0.360. The molecule has 1 N–H and O–H groups in total. The minimum atomic E-state index is -0.112. The van der Waals surface area contributed by atoms with Gasteiger partial charge >= 0.3 is 0 Å². The van der Waals surface area contributed by atoms with E-state index in [1.807, 2.05) is 12.1 Å². The third kappa shape index (κ3) is 4.04. The number of hydrogen-bond acceptors (Lipinski definition) is 4. The second-order valence-corrected chi connectivity index (χ2v) is 9.45. The number of thiazole rings is 1. The number of hydrogen-bond donors (Lipinski definition) is 1. The minimum Gasteiger partial charge on any atom is -0.482 e. The average molecular weight is 434 g/mol. The van der Waals surface area contributed by atoms with Crippen LogP contribution in [0.3, 0.4) is 0 Å². The van der Waals surface area contributed by atoms with Crippen molar-refractivity contribution in [3.8, 4) is 17.0 Å². The number of nitrogens with zero attached hydrogens (tertiary/aromatic N) is 2. The molecule has 0 unspecified atom stereocenters. The molecule has 1 aromatic heterocycles. The van der Waals surface area contributed by atoms with E-state index >= 15 is 0 Å². The van der Waals surface area contributed by atoms with Crippen molar-refractivity contribution in [2.75, 3.05) is 11.9 Å². The SMILES string of the molecule is CC(C)c1ccc(N=c2scc(-c3ccc4c(c3)NC(=O)CO4)n2C2CCCC2)cc1. The molecule has 1 aliphatic heterocycles. The van der Waals surface area contributed by atoms with Crippen LogP contribution in [0.4, 0.5) is 11.4 Å². The Morgan fingerprint density at radius 3 is 2.65 bits per heavy atom. The summed E-state index contributed by atoms with van der Waals surface area (Å²) in [5.41, 5.74) is 5.27. The number of carbonyl (C=O) groups excluding carboxylic acids is 1. The topological polar surface area (TPSA) is 55.6 Å². The van der Waals surface area contributed by atoms with Crippen LogP contribution in [0.1, 0.15) is 57.1 Å². The van der Waals surface area contributed by atoms with Crippen LogP contribution in [0, 0.1) is 0 Å². The van der Waals surface area contributed by atoms with E-state index in [9.17, 15) is 4.79 Å². The molecule has 160 valence electrons. The van der Waals surface area contributed by atoms with E-state index in [1.165, 1.54) is 31.2 Å². The number of aromatic nitrogens is 1. The molecule has 0 atom stereocenters. The van der Waals surface area contributed by atoms with Gasteiger partial charge in [-0.1, -0.05) is 38.8 Å². The van der Waals surface area contributed by atoms with Gasteiger partial charge in [-0.05, 0) is 54.7 Å². The van der Waals surface area contributed by atoms with Crippen LogP contribution in [-0.4, -0.2) is 17.1 Å². The lowest BCUT2D eigenvalue weighted by atomic mass is 10.0. The van der Waals surface area contributed by atoms with Gasteiger partial charge in [0.2, 0.25) is 0 Å². The number of carbonyl (C=O) groups is 1. The molecule has 6 heteroatoms. The van der Waals surface area contributed by atoms with E-state index < -0.39 is 0 Å². The maximum Gasteiger partial charge on any atom is 0.262 e. The van der Waals surface area contributed by atoms with Crippen LogP contribution in [0.5, 0.6) is 5.75 Å². The monoisotopic (exact) mass is 433 g/mol. The van der Waals surface area contributed by atoms with Crippen molar-refractivity contribution >= 4 is 28.6 Å². The highest BCUT2D eigenvalue weighted by Gasteiger charge is 2.23. The van der Waals surface area contributed by atoms with Gasteiger partial charge in [-0.2, -0.15) is 0 Å². The smallest absolute Gasteiger partial charge is 0.262 e. The molecule has 5 nitrogen and oxygen atoms in total. The number of rotatable bonds is 4. The zero-order valence-corrected chi connectivity index (χ0v) is 18.7. The molecule has 0 bridgehead atoms. The van der Waals surface area contributed by atoms with Crippen LogP contribution >= 0.6 is 11.3 Å². The Balaban J connectivity index is 1.58. The fourth-order valence-corrected chi connectivity index (χ4v) is 5.40. The minimum absolute atomic E-state index is 0.0749. The molecule has 1 amide bonds. The molecule has 2 aromatic carbocycles. The van der Waals surface area contributed by atoms with E-state index in [0.29, 0.717) is 12.0 Å². The highest BCUT2D eigenvalue weighted by Crippen LogP contribution is 2.37. The number of amides is 1. The predicted octanol–water partition coefficient (Wildman–Crippen LogP) is 6.02. The molecule has 2 aliphatic rings. The zero-order valence-electron chi connectivity index (χ0n) is 17.9. The Morgan fingerprint density at radius 2 is 1.90 bits per heavy atom. The first-order chi connectivity index (χ1) is 15.1. The molecule has 1 saturated carbocycles. The van der Waals surface area contributed by atoms with Gasteiger partial charge in [0.05, 0.1) is 17.1 Å². The third-order valence-electron chi connectivity index (χ3n) is 6.12. The van der Waals surface area contributed by atoms with Gasteiger partial charge in [0, 0.05) is 17.0 Å². The molecule has 0 saturated heterocycles. The molecule has 31 heavy (non-hydrogen) atoms. The first kappa shape index (κ1) is 20.1.